The van der Waals surface area contributed by atoms with Crippen LogP contribution in [0.15, 0.2) is 35.2 Å². The monoisotopic (exact) mass is 316 g/mol. The minimum absolute atomic E-state index is 0.0522. The predicted molar refractivity (Wildman–Crippen MR) is 79.0 cm³/mol. The Kier molecular flexibility index (Phi) is 3.05. The Morgan fingerprint density at radius 1 is 0.909 bits per heavy atom. The maximum absolute atomic E-state index is 12.7. The van der Waals surface area contributed by atoms with Gasteiger partial charge in [-0.15, -0.1) is 0 Å². The van der Waals surface area contributed by atoms with Gasteiger partial charge in [-0.3, -0.25) is 14.1 Å². The van der Waals surface area contributed by atoms with Crippen molar-refractivity contribution in [2.45, 2.75) is 18.7 Å². The Morgan fingerprint density at radius 2 is 1.41 bits per heavy atom. The van der Waals surface area contributed by atoms with Crippen molar-refractivity contribution in [3.8, 4) is 0 Å². The lowest BCUT2D eigenvalue weighted by molar-refractivity contribution is 0.0977. The van der Waals surface area contributed by atoms with Crippen LogP contribution >= 0.6 is 0 Å². The lowest BCUT2D eigenvalue weighted by atomic mass is 9.80. The van der Waals surface area contributed by atoms with Gasteiger partial charge in [0.15, 0.2) is 11.6 Å². The van der Waals surface area contributed by atoms with E-state index in [0.717, 1.165) is 0 Å². The third-order valence-electron chi connectivity index (χ3n) is 3.88. The summed E-state index contributed by atoms with van der Waals surface area (Å²) in [5.41, 5.74) is 1.25. The highest BCUT2D eigenvalue weighted by atomic mass is 32.2. The van der Waals surface area contributed by atoms with E-state index < -0.39 is 15.9 Å². The summed E-state index contributed by atoms with van der Waals surface area (Å²) in [6.45, 7) is 2.96. The molecule has 2 aromatic carbocycles. The molecule has 3 rings (SSSR count). The zero-order chi connectivity index (χ0) is 16.2. The molecule has 0 aliphatic heterocycles. The van der Waals surface area contributed by atoms with E-state index in [1.807, 2.05) is 0 Å². The number of aryl methyl sites for hydroxylation is 1. The number of carbonyl (C=O) groups is 2. The summed E-state index contributed by atoms with van der Waals surface area (Å²) in [6, 6.07) is 7.65. The summed E-state index contributed by atoms with van der Waals surface area (Å²) < 4.78 is 32.3. The molecule has 0 saturated carbocycles. The number of hydrogen-bond donors (Lipinski definition) is 1. The molecule has 0 saturated heterocycles. The number of fused-ring (bicyclic) bond motifs is 2. The van der Waals surface area contributed by atoms with Crippen molar-refractivity contribution < 1.29 is 22.6 Å². The van der Waals surface area contributed by atoms with Crippen LogP contribution in [0.1, 0.15) is 43.0 Å². The molecule has 0 atom stereocenters. The van der Waals surface area contributed by atoms with Crippen LogP contribution in [-0.4, -0.2) is 24.5 Å². The fraction of sp³-hybridized carbons (Fsp3) is 0.125. The maximum atomic E-state index is 12.7. The highest BCUT2D eigenvalue weighted by Gasteiger charge is 2.34. The van der Waals surface area contributed by atoms with Crippen LogP contribution in [0.4, 0.5) is 0 Å². The molecule has 0 amide bonds. The smallest absolute Gasteiger partial charge is 0.289 e. The van der Waals surface area contributed by atoms with E-state index in [2.05, 4.69) is 0 Å². The van der Waals surface area contributed by atoms with Gasteiger partial charge >= 0.3 is 0 Å². The van der Waals surface area contributed by atoms with Crippen LogP contribution in [0.5, 0.6) is 0 Å². The van der Waals surface area contributed by atoms with Crippen molar-refractivity contribution >= 4 is 21.7 Å². The third-order valence-corrected chi connectivity index (χ3v) is 4.86. The highest BCUT2D eigenvalue weighted by molar-refractivity contribution is 7.85. The lowest BCUT2D eigenvalue weighted by Crippen LogP contribution is -2.24. The third kappa shape index (κ3) is 1.92. The molecule has 5 nitrogen and oxygen atoms in total. The molecule has 22 heavy (non-hydrogen) atoms. The zero-order valence-corrected chi connectivity index (χ0v) is 12.7. The van der Waals surface area contributed by atoms with Gasteiger partial charge in [-0.05, 0) is 31.0 Å². The molecule has 0 spiro atoms. The molecule has 0 unspecified atom stereocenters. The Labute approximate surface area is 127 Å². The molecule has 0 heterocycles. The molecule has 1 N–H and O–H groups in total. The van der Waals surface area contributed by atoms with Crippen molar-refractivity contribution in [3.05, 3.63) is 63.7 Å². The average molecular weight is 316 g/mol. The van der Waals surface area contributed by atoms with Gasteiger partial charge in [0, 0.05) is 22.3 Å². The normalized spacial score (nSPS) is 13.8. The van der Waals surface area contributed by atoms with Crippen molar-refractivity contribution in [1.82, 2.24) is 0 Å². The van der Waals surface area contributed by atoms with E-state index in [1.165, 1.54) is 19.1 Å². The van der Waals surface area contributed by atoms with E-state index in [1.54, 1.807) is 25.1 Å². The van der Waals surface area contributed by atoms with Gasteiger partial charge in [-0.25, -0.2) is 0 Å². The second-order valence-corrected chi connectivity index (χ2v) is 6.64. The molecule has 112 valence electrons. The molecular formula is C16H12O5S. The van der Waals surface area contributed by atoms with Crippen LogP contribution in [0, 0.1) is 13.8 Å². The second kappa shape index (κ2) is 4.59. The maximum Gasteiger partial charge on any atom is 0.294 e. The molecule has 0 fully saturated rings. The number of ketones is 2. The molecule has 0 bridgehead atoms. The summed E-state index contributed by atoms with van der Waals surface area (Å²) in [7, 11) is -4.47. The summed E-state index contributed by atoms with van der Waals surface area (Å²) in [5, 5.41) is 0. The quantitative estimate of drug-likeness (QED) is 0.696. The van der Waals surface area contributed by atoms with E-state index in [-0.39, 0.29) is 32.9 Å². The molecule has 1 aliphatic carbocycles. The summed E-state index contributed by atoms with van der Waals surface area (Å²) >= 11 is 0. The molecular weight excluding hydrogens is 304 g/mol. The van der Waals surface area contributed by atoms with Gasteiger partial charge in [-0.1, -0.05) is 24.3 Å². The van der Waals surface area contributed by atoms with E-state index in [4.69, 9.17) is 0 Å². The number of rotatable bonds is 1. The molecule has 0 aromatic heterocycles. The number of carbonyl (C=O) groups excluding carboxylic acids is 2. The SMILES string of the molecule is Cc1cc(S(=O)(=O)O)c(C)c2c1C(=O)c1ccccc1C2=O. The van der Waals surface area contributed by atoms with Gasteiger partial charge in [0.25, 0.3) is 10.1 Å². The van der Waals surface area contributed by atoms with Gasteiger partial charge in [-0.2, -0.15) is 8.42 Å². The van der Waals surface area contributed by atoms with E-state index in [9.17, 15) is 22.6 Å². The van der Waals surface area contributed by atoms with Crippen molar-refractivity contribution in [2.24, 2.45) is 0 Å². The first kappa shape index (κ1) is 14.6. The molecule has 1 aliphatic rings. The van der Waals surface area contributed by atoms with Crippen LogP contribution < -0.4 is 0 Å². The van der Waals surface area contributed by atoms with Crippen molar-refractivity contribution in [3.63, 3.8) is 0 Å². The molecule has 2 aromatic rings. The Balaban J connectivity index is 2.44. The van der Waals surface area contributed by atoms with Crippen LogP contribution in [0.3, 0.4) is 0 Å². The predicted octanol–water partition coefficient (Wildman–Crippen LogP) is 2.33. The summed E-state index contributed by atoms with van der Waals surface area (Å²) in [5.74, 6) is -0.719. The van der Waals surface area contributed by atoms with Gasteiger partial charge in [0.2, 0.25) is 0 Å². The van der Waals surface area contributed by atoms with Crippen molar-refractivity contribution in [1.29, 1.82) is 0 Å². The van der Waals surface area contributed by atoms with Crippen molar-refractivity contribution in [2.75, 3.05) is 0 Å². The standard InChI is InChI=1S/C16H12O5S/c1-8-7-12(22(19,20)21)9(2)14-13(8)15(17)10-5-3-4-6-11(10)16(14)18/h3-7H,1-2H3,(H,19,20,21). The minimum Gasteiger partial charge on any atom is -0.289 e. The summed E-state index contributed by atoms with van der Waals surface area (Å²) in [6.07, 6.45) is 0. The first-order valence-corrected chi connectivity index (χ1v) is 7.97. The van der Waals surface area contributed by atoms with Gasteiger partial charge < -0.3 is 0 Å². The average Bonchev–Trinajstić information content (AvgIpc) is 2.45. The topological polar surface area (TPSA) is 88.5 Å². The minimum atomic E-state index is -4.47. The van der Waals surface area contributed by atoms with Crippen LogP contribution in [0.25, 0.3) is 0 Å². The first-order valence-electron chi connectivity index (χ1n) is 6.53. The van der Waals surface area contributed by atoms with Gasteiger partial charge in [0.05, 0.1) is 4.90 Å². The number of benzene rings is 2. The van der Waals surface area contributed by atoms with E-state index in [0.29, 0.717) is 11.1 Å². The Hall–Kier alpha value is -2.31. The first-order chi connectivity index (χ1) is 10.2. The van der Waals surface area contributed by atoms with Crippen LogP contribution in [0.2, 0.25) is 0 Å². The number of hydrogen-bond acceptors (Lipinski definition) is 4. The highest BCUT2D eigenvalue weighted by Crippen LogP contribution is 2.34. The summed E-state index contributed by atoms with van der Waals surface area (Å²) in [4.78, 5) is 25.0. The Bertz CT molecular complexity index is 955. The fourth-order valence-corrected chi connectivity index (χ4v) is 3.69. The lowest BCUT2D eigenvalue weighted by Gasteiger charge is -2.22. The van der Waals surface area contributed by atoms with Gasteiger partial charge in [0.1, 0.15) is 0 Å². The molecule has 6 heteroatoms. The molecule has 0 radical (unpaired) electrons. The fourth-order valence-electron chi connectivity index (χ4n) is 2.88. The van der Waals surface area contributed by atoms with Crippen LogP contribution in [-0.2, 0) is 10.1 Å². The van der Waals surface area contributed by atoms with E-state index >= 15 is 0 Å². The zero-order valence-electron chi connectivity index (χ0n) is 11.9. The second-order valence-electron chi connectivity index (χ2n) is 5.25. The largest absolute Gasteiger partial charge is 0.294 e. The Morgan fingerprint density at radius 3 is 1.91 bits per heavy atom.